The Labute approximate surface area is 91.5 Å². The molecule has 0 saturated heterocycles. The quantitative estimate of drug-likeness (QED) is 0.730. The zero-order valence-corrected chi connectivity index (χ0v) is 8.57. The number of benzene rings is 1. The molecule has 0 fully saturated rings. The highest BCUT2D eigenvalue weighted by Gasteiger charge is 2.13. The fourth-order valence-electron chi connectivity index (χ4n) is 1.39. The van der Waals surface area contributed by atoms with Crippen LogP contribution >= 0.6 is 0 Å². The lowest BCUT2D eigenvalue weighted by atomic mass is 10.1. The molecule has 16 heavy (non-hydrogen) atoms. The largest absolute Gasteiger partial charge is 0.465 e. The Balaban J connectivity index is 2.41. The molecule has 2 rings (SSSR count). The molecular formula is C12H9FO3. The molecular weight excluding hydrogens is 211 g/mol. The van der Waals surface area contributed by atoms with E-state index in [0.717, 1.165) is 0 Å². The van der Waals surface area contributed by atoms with Crippen molar-refractivity contribution in [3.63, 3.8) is 0 Å². The van der Waals surface area contributed by atoms with Crippen molar-refractivity contribution >= 4 is 5.97 Å². The van der Waals surface area contributed by atoms with Gasteiger partial charge in [-0.05, 0) is 24.3 Å². The minimum atomic E-state index is -0.691. The Morgan fingerprint density at radius 3 is 2.75 bits per heavy atom. The zero-order valence-electron chi connectivity index (χ0n) is 8.57. The van der Waals surface area contributed by atoms with Gasteiger partial charge in [-0.25, -0.2) is 9.18 Å². The average molecular weight is 220 g/mol. The summed E-state index contributed by atoms with van der Waals surface area (Å²) >= 11 is 0. The predicted octanol–water partition coefficient (Wildman–Crippen LogP) is 2.87. The molecule has 0 aliphatic heterocycles. The van der Waals surface area contributed by atoms with Crippen LogP contribution in [0.4, 0.5) is 4.39 Å². The normalized spacial score (nSPS) is 10.1. The molecule has 0 unspecified atom stereocenters. The van der Waals surface area contributed by atoms with Gasteiger partial charge in [0, 0.05) is 5.56 Å². The topological polar surface area (TPSA) is 39.4 Å². The SMILES string of the molecule is COC(=O)c1ccc(-c2ccco2)cc1F. The van der Waals surface area contributed by atoms with Crippen molar-refractivity contribution in [2.45, 2.75) is 0 Å². The van der Waals surface area contributed by atoms with Gasteiger partial charge >= 0.3 is 5.97 Å². The van der Waals surface area contributed by atoms with Gasteiger partial charge in [-0.2, -0.15) is 0 Å². The van der Waals surface area contributed by atoms with Crippen LogP contribution in [0.5, 0.6) is 0 Å². The lowest BCUT2D eigenvalue weighted by Gasteiger charge is -2.02. The number of methoxy groups -OCH3 is 1. The molecule has 0 bridgehead atoms. The van der Waals surface area contributed by atoms with E-state index in [1.807, 2.05) is 0 Å². The number of furan rings is 1. The van der Waals surface area contributed by atoms with Crippen LogP contribution in [-0.4, -0.2) is 13.1 Å². The molecule has 0 radical (unpaired) electrons. The van der Waals surface area contributed by atoms with Crippen molar-refractivity contribution in [1.29, 1.82) is 0 Å². The van der Waals surface area contributed by atoms with E-state index in [9.17, 15) is 9.18 Å². The molecule has 2 aromatic rings. The van der Waals surface area contributed by atoms with E-state index >= 15 is 0 Å². The first kappa shape index (κ1) is 10.4. The van der Waals surface area contributed by atoms with Gasteiger partial charge < -0.3 is 9.15 Å². The summed E-state index contributed by atoms with van der Waals surface area (Å²) in [6.07, 6.45) is 1.50. The van der Waals surface area contributed by atoms with Crippen molar-refractivity contribution in [3.05, 3.63) is 48.0 Å². The van der Waals surface area contributed by atoms with Crippen LogP contribution in [0.15, 0.2) is 41.0 Å². The predicted molar refractivity (Wildman–Crippen MR) is 55.4 cm³/mol. The Kier molecular flexibility index (Phi) is 2.72. The number of hydrogen-bond donors (Lipinski definition) is 0. The molecule has 0 saturated carbocycles. The number of hydrogen-bond acceptors (Lipinski definition) is 3. The molecule has 82 valence electrons. The first-order valence-corrected chi connectivity index (χ1v) is 4.64. The highest BCUT2D eigenvalue weighted by Crippen LogP contribution is 2.22. The van der Waals surface area contributed by atoms with Crippen molar-refractivity contribution in [2.75, 3.05) is 7.11 Å². The van der Waals surface area contributed by atoms with Crippen molar-refractivity contribution in [3.8, 4) is 11.3 Å². The summed E-state index contributed by atoms with van der Waals surface area (Å²) in [6, 6.07) is 7.65. The molecule has 3 nitrogen and oxygen atoms in total. The minimum Gasteiger partial charge on any atom is -0.465 e. The molecule has 1 aromatic carbocycles. The monoisotopic (exact) mass is 220 g/mol. The number of carbonyl (C=O) groups excluding carboxylic acids is 1. The van der Waals surface area contributed by atoms with E-state index in [1.165, 1.54) is 25.5 Å². The first-order valence-electron chi connectivity index (χ1n) is 4.64. The van der Waals surface area contributed by atoms with Gasteiger partial charge in [0.2, 0.25) is 0 Å². The molecule has 0 atom stereocenters. The fourth-order valence-corrected chi connectivity index (χ4v) is 1.39. The molecule has 0 aliphatic rings. The van der Waals surface area contributed by atoms with Crippen molar-refractivity contribution < 1.29 is 18.3 Å². The molecule has 0 aliphatic carbocycles. The van der Waals surface area contributed by atoms with Crippen molar-refractivity contribution in [2.24, 2.45) is 0 Å². The smallest absolute Gasteiger partial charge is 0.340 e. The Morgan fingerprint density at radius 2 is 2.19 bits per heavy atom. The van der Waals surface area contributed by atoms with Crippen LogP contribution in [0, 0.1) is 5.82 Å². The van der Waals surface area contributed by atoms with E-state index in [4.69, 9.17) is 4.42 Å². The summed E-state index contributed by atoms with van der Waals surface area (Å²) in [6.45, 7) is 0. The van der Waals surface area contributed by atoms with Crippen LogP contribution in [0.1, 0.15) is 10.4 Å². The van der Waals surface area contributed by atoms with Gasteiger partial charge in [0.05, 0.1) is 18.9 Å². The first-order chi connectivity index (χ1) is 7.72. The van der Waals surface area contributed by atoms with Gasteiger partial charge in [0.15, 0.2) is 0 Å². The van der Waals surface area contributed by atoms with E-state index in [-0.39, 0.29) is 5.56 Å². The third-order valence-corrected chi connectivity index (χ3v) is 2.18. The second kappa shape index (κ2) is 4.18. The maximum Gasteiger partial charge on any atom is 0.340 e. The summed E-state index contributed by atoms with van der Waals surface area (Å²) in [5.41, 5.74) is 0.493. The second-order valence-corrected chi connectivity index (χ2v) is 3.16. The van der Waals surface area contributed by atoms with Crippen LogP contribution in [0.2, 0.25) is 0 Å². The van der Waals surface area contributed by atoms with Crippen LogP contribution in [0.25, 0.3) is 11.3 Å². The summed E-state index contributed by atoms with van der Waals surface area (Å²) in [4.78, 5) is 11.1. The van der Waals surface area contributed by atoms with Crippen molar-refractivity contribution in [1.82, 2.24) is 0 Å². The van der Waals surface area contributed by atoms with Gasteiger partial charge in [0.25, 0.3) is 0 Å². The van der Waals surface area contributed by atoms with Gasteiger partial charge in [-0.3, -0.25) is 0 Å². The minimum absolute atomic E-state index is 0.0854. The van der Waals surface area contributed by atoms with E-state index in [1.54, 1.807) is 18.2 Å². The maximum absolute atomic E-state index is 13.5. The Morgan fingerprint density at radius 1 is 1.38 bits per heavy atom. The number of halogens is 1. The highest BCUT2D eigenvalue weighted by molar-refractivity contribution is 5.90. The summed E-state index contributed by atoms with van der Waals surface area (Å²) in [5.74, 6) is -0.764. The molecule has 1 heterocycles. The molecule has 0 amide bonds. The fraction of sp³-hybridized carbons (Fsp3) is 0.0833. The van der Waals surface area contributed by atoms with E-state index in [2.05, 4.69) is 4.74 Å². The Hall–Kier alpha value is -2.10. The molecule has 0 spiro atoms. The number of carbonyl (C=O) groups is 1. The van der Waals surface area contributed by atoms with Gasteiger partial charge in [-0.1, -0.05) is 6.07 Å². The summed E-state index contributed by atoms with van der Waals surface area (Å²) < 4.78 is 23.1. The number of rotatable bonds is 2. The van der Waals surface area contributed by atoms with Gasteiger partial charge in [0.1, 0.15) is 11.6 Å². The molecule has 0 N–H and O–H groups in total. The lowest BCUT2D eigenvalue weighted by Crippen LogP contribution is -2.04. The second-order valence-electron chi connectivity index (χ2n) is 3.16. The van der Waals surface area contributed by atoms with Crippen LogP contribution in [-0.2, 0) is 4.74 Å². The standard InChI is InChI=1S/C12H9FO3/c1-15-12(14)9-5-4-8(7-10(9)13)11-3-2-6-16-11/h2-7H,1H3. The van der Waals surface area contributed by atoms with E-state index < -0.39 is 11.8 Å². The summed E-state index contributed by atoms with van der Waals surface area (Å²) in [7, 11) is 1.21. The van der Waals surface area contributed by atoms with Crippen LogP contribution in [0.3, 0.4) is 0 Å². The zero-order chi connectivity index (χ0) is 11.5. The van der Waals surface area contributed by atoms with Gasteiger partial charge in [-0.15, -0.1) is 0 Å². The molecule has 4 heteroatoms. The lowest BCUT2D eigenvalue weighted by molar-refractivity contribution is 0.0595. The average Bonchev–Trinajstić information content (AvgIpc) is 2.81. The maximum atomic E-state index is 13.5. The number of esters is 1. The molecule has 1 aromatic heterocycles. The third-order valence-electron chi connectivity index (χ3n) is 2.18. The summed E-state index contributed by atoms with van der Waals surface area (Å²) in [5, 5.41) is 0. The third kappa shape index (κ3) is 1.82. The highest BCUT2D eigenvalue weighted by atomic mass is 19.1. The van der Waals surface area contributed by atoms with Crippen LogP contribution < -0.4 is 0 Å². The Bertz CT molecular complexity index is 503. The number of ether oxygens (including phenoxy) is 1. The van der Waals surface area contributed by atoms with E-state index in [0.29, 0.717) is 11.3 Å².